The zero-order valence-electron chi connectivity index (χ0n) is 9.53. The highest BCUT2D eigenvalue weighted by atomic mass is 16.3. The number of hydrogen-bond acceptors (Lipinski definition) is 2. The molecule has 0 saturated carbocycles. The predicted molar refractivity (Wildman–Crippen MR) is 66.3 cm³/mol. The monoisotopic (exact) mass is 218 g/mol. The van der Waals surface area contributed by atoms with E-state index in [2.05, 4.69) is 18.0 Å². The molecule has 1 heterocycles. The van der Waals surface area contributed by atoms with Gasteiger partial charge in [-0.15, -0.1) is 0 Å². The van der Waals surface area contributed by atoms with E-state index in [0.29, 0.717) is 6.54 Å². The third-order valence-electron chi connectivity index (χ3n) is 2.99. The van der Waals surface area contributed by atoms with E-state index in [4.69, 9.17) is 5.73 Å². The average Bonchev–Trinajstić information content (AvgIpc) is 2.71. The van der Waals surface area contributed by atoms with Crippen molar-refractivity contribution in [3.05, 3.63) is 35.5 Å². The Labute approximate surface area is 95.3 Å². The molecule has 0 saturated heterocycles. The van der Waals surface area contributed by atoms with Crippen LogP contribution in [0, 0.1) is 6.92 Å². The van der Waals surface area contributed by atoms with Gasteiger partial charge < -0.3 is 15.8 Å². The van der Waals surface area contributed by atoms with Crippen LogP contribution in [0.3, 0.4) is 0 Å². The van der Waals surface area contributed by atoms with Gasteiger partial charge in [0.1, 0.15) is 0 Å². The van der Waals surface area contributed by atoms with Gasteiger partial charge in [0.25, 0.3) is 0 Å². The number of aryl methyl sites for hydroxylation is 1. The van der Waals surface area contributed by atoms with Crippen molar-refractivity contribution < 1.29 is 5.11 Å². The van der Waals surface area contributed by atoms with Gasteiger partial charge in [0.15, 0.2) is 0 Å². The Morgan fingerprint density at radius 2 is 2.25 bits per heavy atom. The van der Waals surface area contributed by atoms with E-state index in [-0.39, 0.29) is 0 Å². The largest absolute Gasteiger partial charge is 0.388 e. The van der Waals surface area contributed by atoms with E-state index in [1.807, 2.05) is 18.3 Å². The number of benzene rings is 1. The smallest absolute Gasteiger partial charge is 0.0811 e. The molecule has 0 amide bonds. The quantitative estimate of drug-likeness (QED) is 0.737. The minimum absolute atomic E-state index is 0.418. The van der Waals surface area contributed by atoms with Crippen molar-refractivity contribution in [2.45, 2.75) is 25.9 Å². The van der Waals surface area contributed by atoms with Crippen LogP contribution >= 0.6 is 0 Å². The minimum atomic E-state index is -0.418. The zero-order valence-corrected chi connectivity index (χ0v) is 9.53. The number of nitrogens with two attached hydrogens (primary N) is 1. The minimum Gasteiger partial charge on any atom is -0.388 e. The zero-order chi connectivity index (χ0) is 11.5. The molecule has 0 radical (unpaired) electrons. The Morgan fingerprint density at radius 1 is 1.44 bits per heavy atom. The molecule has 1 aromatic carbocycles. The van der Waals surface area contributed by atoms with Crippen LogP contribution in [0.15, 0.2) is 24.4 Å². The first-order valence-corrected chi connectivity index (χ1v) is 5.68. The van der Waals surface area contributed by atoms with Crippen LogP contribution in [0.25, 0.3) is 10.9 Å². The second kappa shape index (κ2) is 4.68. The number of fused-ring (bicyclic) bond motifs is 1. The molecule has 2 rings (SSSR count). The van der Waals surface area contributed by atoms with Crippen LogP contribution in [0.4, 0.5) is 0 Å². The Bertz CT molecular complexity index is 476. The SMILES string of the molecule is Cc1cccc2[nH]cc(C(O)CCCN)c12. The Hall–Kier alpha value is -1.32. The molecule has 1 unspecified atom stereocenters. The molecule has 1 atom stereocenters. The average molecular weight is 218 g/mol. The first-order valence-electron chi connectivity index (χ1n) is 5.68. The molecule has 86 valence electrons. The molecular weight excluding hydrogens is 200 g/mol. The van der Waals surface area contributed by atoms with E-state index < -0.39 is 6.10 Å². The van der Waals surface area contributed by atoms with E-state index in [9.17, 15) is 5.11 Å². The molecule has 1 aromatic heterocycles. The number of aliphatic hydroxyl groups is 1. The number of rotatable bonds is 4. The van der Waals surface area contributed by atoms with E-state index in [1.165, 1.54) is 5.56 Å². The van der Waals surface area contributed by atoms with Gasteiger partial charge in [0.05, 0.1) is 6.10 Å². The molecule has 0 aliphatic heterocycles. The summed E-state index contributed by atoms with van der Waals surface area (Å²) in [6, 6.07) is 6.11. The number of hydrogen-bond donors (Lipinski definition) is 3. The third kappa shape index (κ3) is 1.96. The number of aromatic amines is 1. The van der Waals surface area contributed by atoms with E-state index >= 15 is 0 Å². The lowest BCUT2D eigenvalue weighted by atomic mass is 10.0. The highest BCUT2D eigenvalue weighted by Crippen LogP contribution is 2.29. The lowest BCUT2D eigenvalue weighted by Crippen LogP contribution is -2.03. The van der Waals surface area contributed by atoms with Crippen LogP contribution < -0.4 is 5.73 Å². The van der Waals surface area contributed by atoms with Gasteiger partial charge in [-0.2, -0.15) is 0 Å². The second-order valence-electron chi connectivity index (χ2n) is 4.19. The highest BCUT2D eigenvalue weighted by molar-refractivity contribution is 5.86. The molecule has 2 aromatic rings. The first-order chi connectivity index (χ1) is 7.74. The van der Waals surface area contributed by atoms with Gasteiger partial charge in [-0.05, 0) is 37.9 Å². The number of H-pyrrole nitrogens is 1. The fourth-order valence-corrected chi connectivity index (χ4v) is 2.13. The maximum Gasteiger partial charge on any atom is 0.0811 e. The van der Waals surface area contributed by atoms with Crippen molar-refractivity contribution in [2.24, 2.45) is 5.73 Å². The first kappa shape index (κ1) is 11.2. The Morgan fingerprint density at radius 3 is 3.00 bits per heavy atom. The molecule has 3 heteroatoms. The van der Waals surface area contributed by atoms with Gasteiger partial charge in [0, 0.05) is 22.7 Å². The summed E-state index contributed by atoms with van der Waals surface area (Å²) in [6.07, 6.45) is 3.05. The van der Waals surface area contributed by atoms with Crippen molar-refractivity contribution in [1.29, 1.82) is 0 Å². The second-order valence-corrected chi connectivity index (χ2v) is 4.19. The molecular formula is C13H18N2O. The molecule has 0 fully saturated rings. The van der Waals surface area contributed by atoms with Gasteiger partial charge in [-0.25, -0.2) is 0 Å². The third-order valence-corrected chi connectivity index (χ3v) is 2.99. The fraction of sp³-hybridized carbons (Fsp3) is 0.385. The fourth-order valence-electron chi connectivity index (χ4n) is 2.13. The maximum absolute atomic E-state index is 10.1. The topological polar surface area (TPSA) is 62.0 Å². The summed E-state index contributed by atoms with van der Waals surface area (Å²) < 4.78 is 0. The van der Waals surface area contributed by atoms with Gasteiger partial charge in [-0.3, -0.25) is 0 Å². The lowest BCUT2D eigenvalue weighted by molar-refractivity contribution is 0.167. The Kier molecular flexibility index (Phi) is 3.27. The normalized spacial score (nSPS) is 13.2. The molecule has 0 aliphatic carbocycles. The lowest BCUT2D eigenvalue weighted by Gasteiger charge is -2.09. The number of aromatic nitrogens is 1. The molecule has 0 bridgehead atoms. The van der Waals surface area contributed by atoms with Crippen molar-refractivity contribution in [2.75, 3.05) is 6.54 Å². The van der Waals surface area contributed by atoms with Crippen molar-refractivity contribution in [1.82, 2.24) is 4.98 Å². The summed E-state index contributed by atoms with van der Waals surface area (Å²) in [5, 5.41) is 11.2. The van der Waals surface area contributed by atoms with Gasteiger partial charge in [-0.1, -0.05) is 12.1 Å². The highest BCUT2D eigenvalue weighted by Gasteiger charge is 2.13. The van der Waals surface area contributed by atoms with Gasteiger partial charge >= 0.3 is 0 Å². The maximum atomic E-state index is 10.1. The van der Waals surface area contributed by atoms with E-state index in [1.54, 1.807) is 0 Å². The van der Waals surface area contributed by atoms with Crippen LogP contribution in [0.2, 0.25) is 0 Å². The van der Waals surface area contributed by atoms with Crippen LogP contribution in [-0.2, 0) is 0 Å². The van der Waals surface area contributed by atoms with E-state index in [0.717, 1.165) is 29.3 Å². The predicted octanol–water partition coefficient (Wildman–Crippen LogP) is 2.25. The number of aliphatic hydroxyl groups excluding tert-OH is 1. The summed E-state index contributed by atoms with van der Waals surface area (Å²) in [5.41, 5.74) is 8.72. The van der Waals surface area contributed by atoms with Crippen LogP contribution in [0.1, 0.15) is 30.1 Å². The summed E-state index contributed by atoms with van der Waals surface area (Å²) in [5.74, 6) is 0. The summed E-state index contributed by atoms with van der Waals surface area (Å²) in [6.45, 7) is 2.69. The molecule has 4 N–H and O–H groups in total. The standard InChI is InChI=1S/C13H18N2O/c1-9-4-2-5-11-13(9)10(8-15-11)12(16)6-3-7-14/h2,4-5,8,12,15-16H,3,6-7,14H2,1H3. The molecule has 3 nitrogen and oxygen atoms in total. The Balaban J connectivity index is 2.37. The summed E-state index contributed by atoms with van der Waals surface area (Å²) >= 11 is 0. The summed E-state index contributed by atoms with van der Waals surface area (Å²) in [7, 11) is 0. The molecule has 16 heavy (non-hydrogen) atoms. The van der Waals surface area contributed by atoms with Crippen LogP contribution in [0.5, 0.6) is 0 Å². The summed E-state index contributed by atoms with van der Waals surface area (Å²) in [4.78, 5) is 3.20. The molecule has 0 aliphatic rings. The van der Waals surface area contributed by atoms with Crippen molar-refractivity contribution >= 4 is 10.9 Å². The van der Waals surface area contributed by atoms with Crippen molar-refractivity contribution in [3.63, 3.8) is 0 Å². The van der Waals surface area contributed by atoms with Crippen LogP contribution in [-0.4, -0.2) is 16.6 Å². The van der Waals surface area contributed by atoms with Crippen molar-refractivity contribution in [3.8, 4) is 0 Å². The van der Waals surface area contributed by atoms with Gasteiger partial charge in [0.2, 0.25) is 0 Å². The molecule has 0 spiro atoms. The number of nitrogens with one attached hydrogen (secondary N) is 1.